The molecule has 0 bridgehead atoms. The van der Waals surface area contributed by atoms with Gasteiger partial charge in [0, 0.05) is 13.2 Å². The summed E-state index contributed by atoms with van der Waals surface area (Å²) in [6.45, 7) is 1.91. The third kappa shape index (κ3) is 3.59. The zero-order chi connectivity index (χ0) is 13.0. The Kier molecular flexibility index (Phi) is 3.99. The first kappa shape index (κ1) is 12.6. The molecule has 6 heteroatoms. The first-order valence-corrected chi connectivity index (χ1v) is 5.97. The van der Waals surface area contributed by atoms with E-state index >= 15 is 0 Å². The van der Waals surface area contributed by atoms with Gasteiger partial charge in [0.1, 0.15) is 5.82 Å². The number of pyridine rings is 1. The Hall–Kier alpha value is -1.82. The van der Waals surface area contributed by atoms with Crippen LogP contribution >= 0.6 is 0 Å². The van der Waals surface area contributed by atoms with E-state index in [0.29, 0.717) is 18.8 Å². The van der Waals surface area contributed by atoms with Crippen LogP contribution in [-0.2, 0) is 4.74 Å². The average Bonchev–Trinajstić information content (AvgIpc) is 3.14. The maximum Gasteiger partial charge on any atom is 0.337 e. The molecule has 4 N–H and O–H groups in total. The lowest BCUT2D eigenvalue weighted by Crippen LogP contribution is -2.14. The van der Waals surface area contributed by atoms with E-state index in [9.17, 15) is 4.79 Å². The van der Waals surface area contributed by atoms with Gasteiger partial charge in [-0.05, 0) is 24.8 Å². The SMILES string of the molecule is Nc1cc(C(=O)O)c(NCCOCC2CC2)cn1. The van der Waals surface area contributed by atoms with Crippen LogP contribution in [0.2, 0.25) is 0 Å². The number of carbonyl (C=O) groups is 1. The second kappa shape index (κ2) is 5.68. The van der Waals surface area contributed by atoms with Crippen molar-refractivity contribution >= 4 is 17.5 Å². The maximum absolute atomic E-state index is 11.0. The molecule has 1 aliphatic carbocycles. The highest BCUT2D eigenvalue weighted by atomic mass is 16.5. The van der Waals surface area contributed by atoms with Gasteiger partial charge in [0.2, 0.25) is 0 Å². The van der Waals surface area contributed by atoms with E-state index in [4.69, 9.17) is 15.6 Å². The molecule has 0 amide bonds. The monoisotopic (exact) mass is 251 g/mol. The fraction of sp³-hybridized carbons (Fsp3) is 0.500. The minimum absolute atomic E-state index is 0.129. The van der Waals surface area contributed by atoms with Gasteiger partial charge in [-0.1, -0.05) is 0 Å². The lowest BCUT2D eigenvalue weighted by Gasteiger charge is -2.09. The molecular weight excluding hydrogens is 234 g/mol. The van der Waals surface area contributed by atoms with Gasteiger partial charge >= 0.3 is 5.97 Å². The van der Waals surface area contributed by atoms with Crippen molar-refractivity contribution in [2.45, 2.75) is 12.8 Å². The molecule has 1 fully saturated rings. The van der Waals surface area contributed by atoms with E-state index in [-0.39, 0.29) is 11.4 Å². The van der Waals surface area contributed by atoms with Gasteiger partial charge in [-0.15, -0.1) is 0 Å². The molecule has 0 aliphatic heterocycles. The Bertz CT molecular complexity index is 433. The van der Waals surface area contributed by atoms with Crippen LogP contribution in [0.5, 0.6) is 0 Å². The van der Waals surface area contributed by atoms with Crippen molar-refractivity contribution in [1.29, 1.82) is 0 Å². The predicted octanol–water partition coefficient (Wildman–Crippen LogP) is 1.20. The van der Waals surface area contributed by atoms with Crippen LogP contribution in [0.25, 0.3) is 0 Å². The number of anilines is 2. The largest absolute Gasteiger partial charge is 0.478 e. The topological polar surface area (TPSA) is 97.5 Å². The second-order valence-corrected chi connectivity index (χ2v) is 4.40. The number of aromatic nitrogens is 1. The van der Waals surface area contributed by atoms with Crippen LogP contribution in [0.4, 0.5) is 11.5 Å². The Balaban J connectivity index is 1.81. The predicted molar refractivity (Wildman–Crippen MR) is 67.6 cm³/mol. The molecule has 1 aromatic heterocycles. The zero-order valence-corrected chi connectivity index (χ0v) is 10.1. The summed E-state index contributed by atoms with van der Waals surface area (Å²) in [5, 5.41) is 12.0. The number of rotatable bonds is 7. The van der Waals surface area contributed by atoms with E-state index in [1.54, 1.807) is 0 Å². The third-order valence-corrected chi connectivity index (χ3v) is 2.77. The summed E-state index contributed by atoms with van der Waals surface area (Å²) in [6, 6.07) is 1.34. The zero-order valence-electron chi connectivity index (χ0n) is 10.1. The van der Waals surface area contributed by atoms with E-state index in [2.05, 4.69) is 10.3 Å². The van der Waals surface area contributed by atoms with Crippen molar-refractivity contribution in [3.05, 3.63) is 17.8 Å². The third-order valence-electron chi connectivity index (χ3n) is 2.77. The fourth-order valence-corrected chi connectivity index (χ4v) is 1.58. The number of hydrogen-bond acceptors (Lipinski definition) is 5. The van der Waals surface area contributed by atoms with Crippen molar-refractivity contribution in [2.75, 3.05) is 30.8 Å². The van der Waals surface area contributed by atoms with Crippen LogP contribution in [-0.4, -0.2) is 35.8 Å². The number of carboxylic acids is 1. The molecule has 1 aromatic rings. The highest BCUT2D eigenvalue weighted by Crippen LogP contribution is 2.28. The van der Waals surface area contributed by atoms with E-state index < -0.39 is 5.97 Å². The molecule has 0 aromatic carbocycles. The van der Waals surface area contributed by atoms with Gasteiger partial charge < -0.3 is 20.9 Å². The molecule has 0 spiro atoms. The van der Waals surface area contributed by atoms with Crippen LogP contribution in [0.3, 0.4) is 0 Å². The molecule has 6 nitrogen and oxygen atoms in total. The number of nitrogens with two attached hydrogens (primary N) is 1. The summed E-state index contributed by atoms with van der Waals surface area (Å²) >= 11 is 0. The van der Waals surface area contributed by atoms with Gasteiger partial charge in [-0.25, -0.2) is 9.78 Å². The molecule has 0 saturated heterocycles. The lowest BCUT2D eigenvalue weighted by molar-refractivity contribution is 0.0697. The van der Waals surface area contributed by atoms with E-state index in [1.807, 2.05) is 0 Å². The number of carboxylic acid groups (broad SMARTS) is 1. The molecule has 0 radical (unpaired) electrons. The number of hydrogen-bond donors (Lipinski definition) is 3. The Morgan fingerprint density at radius 1 is 1.61 bits per heavy atom. The van der Waals surface area contributed by atoms with E-state index in [1.165, 1.54) is 25.1 Å². The van der Waals surface area contributed by atoms with Crippen molar-refractivity contribution in [2.24, 2.45) is 5.92 Å². The van der Waals surface area contributed by atoms with Crippen molar-refractivity contribution < 1.29 is 14.6 Å². The average molecular weight is 251 g/mol. The molecule has 1 aliphatic rings. The summed E-state index contributed by atoms with van der Waals surface area (Å²) < 4.78 is 5.45. The Labute approximate surface area is 105 Å². The van der Waals surface area contributed by atoms with Gasteiger partial charge in [0.25, 0.3) is 0 Å². The fourth-order valence-electron chi connectivity index (χ4n) is 1.58. The van der Waals surface area contributed by atoms with Crippen LogP contribution in [0.15, 0.2) is 12.3 Å². The number of nitrogens with zero attached hydrogens (tertiary/aromatic N) is 1. The van der Waals surface area contributed by atoms with Crippen molar-refractivity contribution in [3.8, 4) is 0 Å². The van der Waals surface area contributed by atoms with Gasteiger partial charge in [-0.3, -0.25) is 0 Å². The number of nitrogen functional groups attached to an aromatic ring is 1. The summed E-state index contributed by atoms with van der Waals surface area (Å²) in [5.74, 6) is -0.0915. The summed E-state index contributed by atoms with van der Waals surface area (Å²) in [4.78, 5) is 14.9. The van der Waals surface area contributed by atoms with Gasteiger partial charge in [-0.2, -0.15) is 0 Å². The molecule has 18 heavy (non-hydrogen) atoms. The molecule has 0 unspecified atom stereocenters. The van der Waals surface area contributed by atoms with Crippen LogP contribution in [0, 0.1) is 5.92 Å². The molecule has 2 rings (SSSR count). The summed E-state index contributed by atoms with van der Waals surface area (Å²) in [7, 11) is 0. The number of ether oxygens (including phenoxy) is 1. The standard InChI is InChI=1S/C12H17N3O3/c13-11-5-9(12(16)17)10(6-15-11)14-3-4-18-7-8-1-2-8/h5-6,8,14H,1-4,7H2,(H2,13,15)(H,16,17). The maximum atomic E-state index is 11.0. The van der Waals surface area contributed by atoms with Gasteiger partial charge in [0.05, 0.1) is 24.1 Å². The lowest BCUT2D eigenvalue weighted by atomic mass is 10.2. The molecule has 0 atom stereocenters. The summed E-state index contributed by atoms with van der Waals surface area (Å²) in [5.41, 5.74) is 6.05. The highest BCUT2D eigenvalue weighted by Gasteiger charge is 2.20. The van der Waals surface area contributed by atoms with Crippen molar-refractivity contribution in [1.82, 2.24) is 4.98 Å². The number of nitrogens with one attached hydrogen (secondary N) is 1. The minimum atomic E-state index is -1.02. The number of aromatic carboxylic acids is 1. The first-order valence-electron chi connectivity index (χ1n) is 5.97. The van der Waals surface area contributed by atoms with Gasteiger partial charge in [0.15, 0.2) is 0 Å². The highest BCUT2D eigenvalue weighted by molar-refractivity contribution is 5.94. The second-order valence-electron chi connectivity index (χ2n) is 4.40. The molecular formula is C12H17N3O3. The molecule has 1 heterocycles. The Morgan fingerprint density at radius 2 is 2.39 bits per heavy atom. The molecule has 98 valence electrons. The normalized spacial score (nSPS) is 14.4. The van der Waals surface area contributed by atoms with Crippen molar-refractivity contribution in [3.63, 3.8) is 0 Å². The summed E-state index contributed by atoms with van der Waals surface area (Å²) in [6.07, 6.45) is 3.95. The van der Waals surface area contributed by atoms with Crippen LogP contribution < -0.4 is 11.1 Å². The van der Waals surface area contributed by atoms with Crippen LogP contribution in [0.1, 0.15) is 23.2 Å². The minimum Gasteiger partial charge on any atom is -0.478 e. The Morgan fingerprint density at radius 3 is 3.06 bits per heavy atom. The molecule has 1 saturated carbocycles. The smallest absolute Gasteiger partial charge is 0.337 e. The van der Waals surface area contributed by atoms with E-state index in [0.717, 1.165) is 12.5 Å². The first-order chi connectivity index (χ1) is 8.66. The quantitative estimate of drug-likeness (QED) is 0.630.